The van der Waals surface area contributed by atoms with Crippen molar-refractivity contribution >= 4 is 87.6 Å². The van der Waals surface area contributed by atoms with Gasteiger partial charge in [-0.05, 0) is 149 Å². The zero-order valence-corrected chi connectivity index (χ0v) is 67.6. The molecular weight excluding hydrogens is 1490 g/mol. The Kier molecular flexibility index (Phi) is 30.8. The van der Waals surface area contributed by atoms with Gasteiger partial charge in [-0.2, -0.15) is 0 Å². The summed E-state index contributed by atoms with van der Waals surface area (Å²) in [5.41, 5.74) is 2.66. The molecule has 12 bridgehead atoms. The number of quaternary nitrogens is 1. The maximum atomic E-state index is 16.3. The Morgan fingerprint density at radius 2 is 1.41 bits per heavy atom. The highest BCUT2D eigenvalue weighted by atomic mass is 19.1. The van der Waals surface area contributed by atoms with Crippen molar-refractivity contribution < 1.29 is 85.8 Å². The highest BCUT2D eigenvalue weighted by molar-refractivity contribution is 6.00. The number of amides is 12. The van der Waals surface area contributed by atoms with Gasteiger partial charge >= 0.3 is 0 Å². The number of ether oxygens (including phenoxy) is 2. The van der Waals surface area contributed by atoms with E-state index < -0.39 is 157 Å². The normalized spacial score (nSPS) is 24.4. The second-order valence-corrected chi connectivity index (χ2v) is 32.5. The molecule has 2 fully saturated rings. The van der Waals surface area contributed by atoms with E-state index in [1.807, 2.05) is 28.8 Å². The first-order valence-electron chi connectivity index (χ1n) is 40.6. The van der Waals surface area contributed by atoms with Crippen LogP contribution in [-0.4, -0.2) is 240 Å². The number of ketones is 1. The lowest BCUT2D eigenvalue weighted by Gasteiger charge is -2.37. The molecule has 12 amide bonds. The number of nitrogens with zero attached hydrogens (tertiary/aromatic N) is 5. The van der Waals surface area contributed by atoms with Crippen LogP contribution in [0.5, 0.6) is 5.75 Å². The molecule has 0 unspecified atom stereocenters. The van der Waals surface area contributed by atoms with E-state index >= 15 is 33.2 Å². The lowest BCUT2D eigenvalue weighted by molar-refractivity contribution is -0.870. The Labute approximate surface area is 676 Å². The van der Waals surface area contributed by atoms with Crippen LogP contribution in [-0.2, 0) is 112 Å². The lowest BCUT2D eigenvalue weighted by Crippen LogP contribution is -2.64. The number of aliphatic hydroxyl groups excluding tert-OH is 1. The Bertz CT molecular complexity index is 4380. The van der Waals surface area contributed by atoms with Crippen LogP contribution in [0, 0.1) is 5.82 Å². The Hall–Kier alpha value is -10.7. The van der Waals surface area contributed by atoms with E-state index in [1.165, 1.54) is 38.0 Å². The summed E-state index contributed by atoms with van der Waals surface area (Å²) in [6, 6.07) is 13.8. The van der Waals surface area contributed by atoms with Crippen LogP contribution >= 0.6 is 0 Å². The molecule has 626 valence electrons. The number of Topliss-reactive ketones (excluding diaryl/α,β-unsaturated/α-hetero) is 1. The van der Waals surface area contributed by atoms with Gasteiger partial charge < -0.3 is 86.2 Å². The summed E-state index contributed by atoms with van der Waals surface area (Å²) >= 11 is 0. The van der Waals surface area contributed by atoms with Crippen molar-refractivity contribution in [3.05, 3.63) is 136 Å². The van der Waals surface area contributed by atoms with Crippen LogP contribution in [0.1, 0.15) is 150 Å². The summed E-state index contributed by atoms with van der Waals surface area (Å²) in [5, 5.41) is 37.0. The second kappa shape index (κ2) is 40.8. The molecule has 31 heteroatoms. The zero-order valence-electron chi connectivity index (χ0n) is 67.6. The Balaban J connectivity index is 1.06. The number of methoxy groups -OCH3 is 1. The summed E-state index contributed by atoms with van der Waals surface area (Å²) in [6.07, 6.45) is 2.32. The first-order valence-corrected chi connectivity index (χ1v) is 40.6. The number of nitrogens with one attached hydrogen (secondary N) is 9. The molecular formula is C85H114FN14O16+. The van der Waals surface area contributed by atoms with E-state index in [0.29, 0.717) is 96.9 Å². The molecule has 10 atom stereocenters. The van der Waals surface area contributed by atoms with Crippen molar-refractivity contribution in [3.8, 4) is 5.75 Å². The van der Waals surface area contributed by atoms with Crippen molar-refractivity contribution in [2.24, 2.45) is 0 Å². The summed E-state index contributed by atoms with van der Waals surface area (Å²) in [5.74, 6) is -9.61. The maximum absolute atomic E-state index is 16.3. The minimum atomic E-state index is -1.87. The van der Waals surface area contributed by atoms with Crippen molar-refractivity contribution in [1.82, 2.24) is 67.1 Å². The number of aryl methyl sites for hydroxylation is 1. The highest BCUT2D eigenvalue weighted by Crippen LogP contribution is 2.33. The monoisotopic (exact) mass is 1610 g/mol. The molecule has 0 aliphatic carbocycles. The fourth-order valence-electron chi connectivity index (χ4n) is 15.8. The van der Waals surface area contributed by atoms with Crippen LogP contribution in [0.15, 0.2) is 97.2 Å². The van der Waals surface area contributed by atoms with E-state index in [4.69, 9.17) is 9.47 Å². The molecule has 10 N–H and O–H groups in total. The largest absolute Gasteiger partial charge is 0.497 e. The van der Waals surface area contributed by atoms with Crippen molar-refractivity contribution in [2.75, 3.05) is 74.1 Å². The van der Waals surface area contributed by atoms with Gasteiger partial charge in [-0.15, -0.1) is 0 Å². The SMILES string of the molecule is COc1ccc(C[C@@H]2NC(=O)[C@H]([C@@H](C)O)NC(=O)[C@@H]3[C@@H]4CCN3C(=O)[C@@H]3Cc5cn(c6ccc(F)cc56)CCCCCCN(Cc5ccc(cc5)CCNC(=O)[C@]5(C)CCCN5C2=O)C(=O)CCC(=O)N[C@@H](C)C(=O)N[C@H](CCC(=O)CNC(=O)CCCCC[N+](C)(C)C)C(=O)N[C@@H](Cc2cccc(c2)CNC(=O)CO4)C(=O)N3)cc1. The Morgan fingerprint density at radius 1 is 0.681 bits per heavy atom. The molecule has 6 aliphatic rings. The maximum Gasteiger partial charge on any atom is 0.246 e. The molecule has 5 aromatic rings. The molecule has 0 radical (unpaired) electrons. The number of hydrogen-bond donors (Lipinski definition) is 10. The summed E-state index contributed by atoms with van der Waals surface area (Å²) in [4.78, 5) is 196. The van der Waals surface area contributed by atoms with Gasteiger partial charge in [-0.3, -0.25) is 62.3 Å². The van der Waals surface area contributed by atoms with Crippen LogP contribution in [0.25, 0.3) is 10.9 Å². The first kappa shape index (κ1) is 87.7. The van der Waals surface area contributed by atoms with Crippen LogP contribution < -0.4 is 52.6 Å². The van der Waals surface area contributed by atoms with E-state index in [9.17, 15) is 38.7 Å². The van der Waals surface area contributed by atoms with Crippen LogP contribution in [0.3, 0.4) is 0 Å². The molecule has 30 nitrogen and oxygen atoms in total. The van der Waals surface area contributed by atoms with Crippen LogP contribution in [0.2, 0.25) is 0 Å². The van der Waals surface area contributed by atoms with E-state index in [2.05, 4.69) is 69.0 Å². The number of halogens is 1. The number of unbranched alkanes of at least 4 members (excludes halogenated alkanes) is 2. The first-order chi connectivity index (χ1) is 55.4. The summed E-state index contributed by atoms with van der Waals surface area (Å²) in [6.45, 7) is 4.87. The molecule has 0 spiro atoms. The lowest BCUT2D eigenvalue weighted by atomic mass is 9.95. The average molecular weight is 1610 g/mol. The van der Waals surface area contributed by atoms with Gasteiger partial charge in [-0.25, -0.2) is 4.39 Å². The minimum Gasteiger partial charge on any atom is -0.497 e. The number of fused-ring (bicyclic) bond motifs is 16. The van der Waals surface area contributed by atoms with Gasteiger partial charge in [0.15, 0.2) is 5.78 Å². The number of carbonyl (C=O) groups is 13. The molecule has 1 aromatic heterocycles. The molecule has 4 aromatic carbocycles. The third-order valence-corrected chi connectivity index (χ3v) is 22.4. The van der Waals surface area contributed by atoms with Crippen molar-refractivity contribution in [1.29, 1.82) is 0 Å². The quantitative estimate of drug-likeness (QED) is 0.0532. The van der Waals surface area contributed by atoms with Gasteiger partial charge in [-0.1, -0.05) is 73.5 Å². The van der Waals surface area contributed by atoms with E-state index in [1.54, 1.807) is 72.6 Å². The molecule has 6 aliphatic heterocycles. The molecule has 11 rings (SSSR count). The molecule has 7 heterocycles. The zero-order chi connectivity index (χ0) is 83.4. The smallest absolute Gasteiger partial charge is 0.246 e. The predicted molar refractivity (Wildman–Crippen MR) is 427 cm³/mol. The van der Waals surface area contributed by atoms with Gasteiger partial charge in [0, 0.05) is 108 Å². The average Bonchev–Trinajstić information content (AvgIpc) is 1.61. The van der Waals surface area contributed by atoms with Gasteiger partial charge in [0.25, 0.3) is 0 Å². The van der Waals surface area contributed by atoms with Gasteiger partial charge in [0.2, 0.25) is 70.9 Å². The van der Waals surface area contributed by atoms with E-state index in [0.717, 1.165) is 39.9 Å². The highest BCUT2D eigenvalue weighted by Gasteiger charge is 2.50. The standard InChI is InChI=1S/C85H113FN14O16/c1-53-77(107)91-65(30-27-62(102)49-89-71(103)19-11-10-14-42-100(4,5)6)78(108)92-66-45-58-17-15-18-59(43-58)48-88-73(105)52-116-70-35-41-98-76(70)81(111)95-75(54(2)101)80(110)94-67(44-56-24-28-63(115-7)29-25-56)83(113)99-40-16-36-85(99,3)84(114)87-37-34-55-20-22-57(23-21-55)50-97(74(106)33-32-72(104)90-53)39-13-9-8-12-38-96-51-60(46-68(82(98)112)93-79(66)109)64-47-61(86)26-31-69(64)96/h15,17-18,20-26,28-29,31,43,47,51,53-54,65-68,70,75-76,101H,8-14,16,19,27,30,32-42,44-46,48-50,52H2,1-7H3,(H8-,87,88,89,90,91,92,93,94,95,103,104,105,107,108,109,110,111,114)/p+1/t53-,54+,65+,66-,67-,68-,70-,75-,76-,85-/m0/s1. The van der Waals surface area contributed by atoms with Crippen LogP contribution in [0.4, 0.5) is 4.39 Å². The minimum absolute atomic E-state index is 0.0934. The van der Waals surface area contributed by atoms with Gasteiger partial charge in [0.05, 0.1) is 53.6 Å². The number of hydrogen-bond acceptors (Lipinski definition) is 16. The summed E-state index contributed by atoms with van der Waals surface area (Å²) in [7, 11) is 7.72. The third kappa shape index (κ3) is 24.2. The van der Waals surface area contributed by atoms with E-state index in [-0.39, 0.29) is 95.9 Å². The predicted octanol–water partition coefficient (Wildman–Crippen LogP) is 2.91. The second-order valence-electron chi connectivity index (χ2n) is 32.5. The molecule has 116 heavy (non-hydrogen) atoms. The summed E-state index contributed by atoms with van der Waals surface area (Å²) < 4.78 is 30.2. The van der Waals surface area contributed by atoms with Crippen molar-refractivity contribution in [2.45, 2.75) is 222 Å². The molecule has 0 saturated carbocycles. The fourth-order valence-corrected chi connectivity index (χ4v) is 15.8. The molecule has 2 saturated heterocycles. The van der Waals surface area contributed by atoms with Gasteiger partial charge in [0.1, 0.15) is 66.0 Å². The number of carbonyl (C=O) groups excluding carboxylic acids is 13. The van der Waals surface area contributed by atoms with Crippen molar-refractivity contribution in [3.63, 3.8) is 0 Å². The number of aromatic nitrogens is 1. The number of benzene rings is 4. The number of rotatable bonds is 15. The third-order valence-electron chi connectivity index (χ3n) is 22.4. The number of aliphatic hydroxyl groups is 1. The fraction of sp³-hybridized carbons (Fsp3) is 0.541. The topological polar surface area (TPSA) is 384 Å². The Morgan fingerprint density at radius 3 is 2.15 bits per heavy atom.